The van der Waals surface area contributed by atoms with E-state index in [-0.39, 0.29) is 17.8 Å². The zero-order chi connectivity index (χ0) is 17.4. The molecule has 0 radical (unpaired) electrons. The summed E-state index contributed by atoms with van der Waals surface area (Å²) < 4.78 is 5.33. The predicted octanol–water partition coefficient (Wildman–Crippen LogP) is 4.05. The van der Waals surface area contributed by atoms with E-state index in [1.165, 1.54) is 11.3 Å². The van der Waals surface area contributed by atoms with Gasteiger partial charge in [0.15, 0.2) is 0 Å². The Morgan fingerprint density at radius 1 is 1.32 bits per heavy atom. The van der Waals surface area contributed by atoms with E-state index in [9.17, 15) is 9.59 Å². The van der Waals surface area contributed by atoms with E-state index >= 15 is 0 Å². The highest BCUT2D eigenvalue weighted by Crippen LogP contribution is 2.52. The van der Waals surface area contributed by atoms with E-state index in [0.29, 0.717) is 24.3 Å². The van der Waals surface area contributed by atoms with Gasteiger partial charge in [0.05, 0.1) is 16.9 Å². The fraction of sp³-hybridized carbons (Fsp3) is 0.300. The molecule has 1 aromatic heterocycles. The van der Waals surface area contributed by atoms with Crippen LogP contribution in [0.1, 0.15) is 28.1 Å². The third-order valence-corrected chi connectivity index (χ3v) is 6.05. The summed E-state index contributed by atoms with van der Waals surface area (Å²) >= 11 is 1.41. The van der Waals surface area contributed by atoms with Crippen LogP contribution >= 0.6 is 11.3 Å². The van der Waals surface area contributed by atoms with Crippen molar-refractivity contribution < 1.29 is 14.3 Å². The molecule has 2 unspecified atom stereocenters. The van der Waals surface area contributed by atoms with Gasteiger partial charge in [-0.15, -0.1) is 11.3 Å². The first-order valence-corrected chi connectivity index (χ1v) is 9.22. The monoisotopic (exact) mass is 353 g/mol. The molecule has 1 saturated heterocycles. The fourth-order valence-electron chi connectivity index (χ4n) is 3.93. The number of ether oxygens (including phenoxy) is 1. The number of carbonyl (C=O) groups is 2. The van der Waals surface area contributed by atoms with Crippen molar-refractivity contribution in [3.8, 4) is 0 Å². The summed E-state index contributed by atoms with van der Waals surface area (Å²) in [5, 5.41) is 4.77. The largest absolute Gasteiger partial charge is 0.465 e. The molecule has 2 aliphatic rings. The Morgan fingerprint density at radius 2 is 2.12 bits per heavy atom. The van der Waals surface area contributed by atoms with Crippen LogP contribution in [0.2, 0.25) is 0 Å². The van der Waals surface area contributed by atoms with Gasteiger partial charge < -0.3 is 10.1 Å². The SMILES string of the molecule is C=C1CC2COC(=O)C2(Cc2ccc(NC(=O)c3cccs3)cc2)C1. The number of hydrogen-bond donors (Lipinski definition) is 1. The molecule has 0 spiro atoms. The van der Waals surface area contributed by atoms with Crippen molar-refractivity contribution in [1.82, 2.24) is 0 Å². The van der Waals surface area contributed by atoms with Crippen LogP contribution in [0.4, 0.5) is 5.69 Å². The van der Waals surface area contributed by atoms with E-state index in [1.54, 1.807) is 6.07 Å². The maximum Gasteiger partial charge on any atom is 0.313 e. The van der Waals surface area contributed by atoms with Gasteiger partial charge in [-0.2, -0.15) is 0 Å². The first-order valence-electron chi connectivity index (χ1n) is 8.34. The van der Waals surface area contributed by atoms with E-state index < -0.39 is 5.41 Å². The topological polar surface area (TPSA) is 55.4 Å². The summed E-state index contributed by atoms with van der Waals surface area (Å²) in [6.45, 7) is 4.58. The van der Waals surface area contributed by atoms with Crippen LogP contribution in [0.25, 0.3) is 0 Å². The number of amides is 1. The number of fused-ring (bicyclic) bond motifs is 1. The standard InChI is InChI=1S/C20H19NO3S/c1-13-9-15-12-24-19(23)20(15,10-13)11-14-4-6-16(7-5-14)21-18(22)17-3-2-8-25-17/h2-8,15H,1,9-12H2,(H,21,22). The summed E-state index contributed by atoms with van der Waals surface area (Å²) in [7, 11) is 0. The molecule has 2 aromatic rings. The summed E-state index contributed by atoms with van der Waals surface area (Å²) in [6, 6.07) is 11.4. The number of cyclic esters (lactones) is 1. The molecular formula is C20H19NO3S. The zero-order valence-electron chi connectivity index (χ0n) is 13.8. The molecule has 25 heavy (non-hydrogen) atoms. The lowest BCUT2D eigenvalue weighted by molar-refractivity contribution is -0.146. The summed E-state index contributed by atoms with van der Waals surface area (Å²) in [4.78, 5) is 25.1. The summed E-state index contributed by atoms with van der Waals surface area (Å²) in [5.41, 5.74) is 2.52. The average Bonchev–Trinajstić information content (AvgIpc) is 3.28. The molecule has 1 aliphatic carbocycles. The molecule has 2 heterocycles. The van der Waals surface area contributed by atoms with Crippen LogP contribution in [-0.4, -0.2) is 18.5 Å². The Morgan fingerprint density at radius 3 is 2.84 bits per heavy atom. The normalized spacial score (nSPS) is 24.9. The molecule has 1 saturated carbocycles. The number of rotatable bonds is 4. The van der Waals surface area contributed by atoms with Crippen molar-refractivity contribution in [3.63, 3.8) is 0 Å². The minimum Gasteiger partial charge on any atom is -0.465 e. The third kappa shape index (κ3) is 2.89. The Kier molecular flexibility index (Phi) is 3.96. The van der Waals surface area contributed by atoms with Gasteiger partial charge in [-0.1, -0.05) is 30.4 Å². The third-order valence-electron chi connectivity index (χ3n) is 5.18. The van der Waals surface area contributed by atoms with Gasteiger partial charge >= 0.3 is 5.97 Å². The van der Waals surface area contributed by atoms with Gasteiger partial charge in [0.25, 0.3) is 5.91 Å². The molecule has 1 aliphatic heterocycles. The molecule has 128 valence electrons. The van der Waals surface area contributed by atoms with Gasteiger partial charge in [-0.05, 0) is 48.4 Å². The molecule has 2 fully saturated rings. The number of anilines is 1. The number of allylic oxidation sites excluding steroid dienone is 1. The van der Waals surface area contributed by atoms with Crippen molar-refractivity contribution in [2.24, 2.45) is 11.3 Å². The second-order valence-electron chi connectivity index (χ2n) is 6.89. The van der Waals surface area contributed by atoms with E-state index in [2.05, 4.69) is 11.9 Å². The highest BCUT2D eigenvalue weighted by atomic mass is 32.1. The first-order chi connectivity index (χ1) is 12.1. The number of carbonyl (C=O) groups excluding carboxylic acids is 2. The Bertz CT molecular complexity index is 825. The van der Waals surface area contributed by atoms with Crippen LogP contribution in [0.5, 0.6) is 0 Å². The number of thiophene rings is 1. The Hall–Kier alpha value is -2.40. The van der Waals surface area contributed by atoms with Crippen LogP contribution in [0, 0.1) is 11.3 Å². The maximum atomic E-state index is 12.4. The molecule has 0 bridgehead atoms. The van der Waals surface area contributed by atoms with Crippen LogP contribution in [-0.2, 0) is 16.0 Å². The van der Waals surface area contributed by atoms with E-state index in [1.807, 2.05) is 35.7 Å². The molecular weight excluding hydrogens is 334 g/mol. The van der Waals surface area contributed by atoms with Gasteiger partial charge in [-0.3, -0.25) is 9.59 Å². The average molecular weight is 353 g/mol. The lowest BCUT2D eigenvalue weighted by atomic mass is 9.75. The fourth-order valence-corrected chi connectivity index (χ4v) is 4.55. The maximum absolute atomic E-state index is 12.4. The van der Waals surface area contributed by atoms with Crippen molar-refractivity contribution in [2.75, 3.05) is 11.9 Å². The molecule has 1 amide bonds. The van der Waals surface area contributed by atoms with Crippen molar-refractivity contribution >= 4 is 28.9 Å². The van der Waals surface area contributed by atoms with Crippen LogP contribution in [0.3, 0.4) is 0 Å². The second kappa shape index (κ2) is 6.15. The molecule has 2 atom stereocenters. The molecule has 4 rings (SSSR count). The van der Waals surface area contributed by atoms with Crippen molar-refractivity contribution in [3.05, 3.63) is 64.4 Å². The predicted molar refractivity (Wildman–Crippen MR) is 97.7 cm³/mol. The van der Waals surface area contributed by atoms with Crippen molar-refractivity contribution in [1.29, 1.82) is 0 Å². The molecule has 4 nitrogen and oxygen atoms in total. The lowest BCUT2D eigenvalue weighted by Crippen LogP contribution is -2.31. The first kappa shape index (κ1) is 16.1. The number of esters is 1. The molecule has 5 heteroatoms. The number of nitrogens with one attached hydrogen (secondary N) is 1. The minimum absolute atomic E-state index is 0.0915. The van der Waals surface area contributed by atoms with Gasteiger partial charge in [0.2, 0.25) is 0 Å². The van der Waals surface area contributed by atoms with Crippen LogP contribution in [0.15, 0.2) is 53.9 Å². The second-order valence-corrected chi connectivity index (χ2v) is 7.84. The highest BCUT2D eigenvalue weighted by molar-refractivity contribution is 7.12. The number of hydrogen-bond acceptors (Lipinski definition) is 4. The summed E-state index contributed by atoms with van der Waals surface area (Å²) in [6.07, 6.45) is 2.25. The Balaban J connectivity index is 1.48. The van der Waals surface area contributed by atoms with E-state index in [4.69, 9.17) is 4.74 Å². The van der Waals surface area contributed by atoms with E-state index in [0.717, 1.165) is 23.2 Å². The quantitative estimate of drug-likeness (QED) is 0.666. The van der Waals surface area contributed by atoms with Gasteiger partial charge in [0, 0.05) is 11.6 Å². The Labute approximate surface area is 150 Å². The highest BCUT2D eigenvalue weighted by Gasteiger charge is 2.55. The van der Waals surface area contributed by atoms with Crippen LogP contribution < -0.4 is 5.32 Å². The smallest absolute Gasteiger partial charge is 0.313 e. The lowest BCUT2D eigenvalue weighted by Gasteiger charge is -2.24. The number of benzene rings is 1. The zero-order valence-corrected chi connectivity index (χ0v) is 14.6. The molecule has 1 N–H and O–H groups in total. The minimum atomic E-state index is -0.446. The molecule has 1 aromatic carbocycles. The van der Waals surface area contributed by atoms with Gasteiger partial charge in [0.1, 0.15) is 0 Å². The van der Waals surface area contributed by atoms with Crippen molar-refractivity contribution in [2.45, 2.75) is 19.3 Å². The summed E-state index contributed by atoms with van der Waals surface area (Å²) in [5.74, 6) is 0.0461. The van der Waals surface area contributed by atoms with Gasteiger partial charge in [-0.25, -0.2) is 0 Å².